The zero-order valence-electron chi connectivity index (χ0n) is 13.3. The standard InChI is InChI=1S/C16H25NO4/c1-11-9-13(7-8-21-11)17-10-12-5-6-14(18-2)16(20-4)15(12)19-3/h5-6,11,13,17H,7-10H2,1-4H3. The molecule has 0 amide bonds. The van der Waals surface area contributed by atoms with E-state index in [0.717, 1.165) is 37.3 Å². The maximum absolute atomic E-state index is 5.57. The molecular formula is C16H25NO4. The minimum atomic E-state index is 0.323. The third kappa shape index (κ3) is 3.80. The number of hydrogen-bond donors (Lipinski definition) is 1. The summed E-state index contributed by atoms with van der Waals surface area (Å²) in [6, 6.07) is 4.40. The first-order chi connectivity index (χ1) is 10.2. The lowest BCUT2D eigenvalue weighted by Crippen LogP contribution is -2.37. The van der Waals surface area contributed by atoms with Crippen molar-refractivity contribution in [2.75, 3.05) is 27.9 Å². The van der Waals surface area contributed by atoms with Gasteiger partial charge in [-0.1, -0.05) is 6.07 Å². The van der Waals surface area contributed by atoms with Gasteiger partial charge < -0.3 is 24.3 Å². The minimum absolute atomic E-state index is 0.323. The Labute approximate surface area is 126 Å². The molecule has 1 aliphatic rings. The average Bonchev–Trinajstić information content (AvgIpc) is 2.51. The minimum Gasteiger partial charge on any atom is -0.493 e. The molecular weight excluding hydrogens is 270 g/mol. The fourth-order valence-corrected chi connectivity index (χ4v) is 2.74. The zero-order valence-corrected chi connectivity index (χ0v) is 13.3. The van der Waals surface area contributed by atoms with E-state index in [-0.39, 0.29) is 0 Å². The lowest BCUT2D eigenvalue weighted by molar-refractivity contribution is 0.0130. The van der Waals surface area contributed by atoms with Crippen molar-refractivity contribution in [1.29, 1.82) is 0 Å². The molecule has 1 heterocycles. The van der Waals surface area contributed by atoms with Crippen LogP contribution in [0, 0.1) is 0 Å². The summed E-state index contributed by atoms with van der Waals surface area (Å²) in [5, 5.41) is 3.58. The third-order valence-electron chi connectivity index (χ3n) is 3.85. The predicted octanol–water partition coefficient (Wildman–Crippen LogP) is 2.37. The van der Waals surface area contributed by atoms with Crippen LogP contribution in [0.25, 0.3) is 0 Å². The summed E-state index contributed by atoms with van der Waals surface area (Å²) in [5.74, 6) is 2.04. The van der Waals surface area contributed by atoms with Crippen LogP contribution in [-0.2, 0) is 11.3 Å². The van der Waals surface area contributed by atoms with Crippen LogP contribution in [0.3, 0.4) is 0 Å². The molecule has 1 N–H and O–H groups in total. The number of ether oxygens (including phenoxy) is 4. The van der Waals surface area contributed by atoms with Crippen LogP contribution >= 0.6 is 0 Å². The normalized spacial score (nSPS) is 21.9. The molecule has 2 atom stereocenters. The predicted molar refractivity (Wildman–Crippen MR) is 81.4 cm³/mol. The highest BCUT2D eigenvalue weighted by molar-refractivity contribution is 5.55. The van der Waals surface area contributed by atoms with Gasteiger partial charge in [-0.2, -0.15) is 0 Å². The van der Waals surface area contributed by atoms with Crippen molar-refractivity contribution in [2.24, 2.45) is 0 Å². The largest absolute Gasteiger partial charge is 0.493 e. The molecule has 0 spiro atoms. The van der Waals surface area contributed by atoms with Gasteiger partial charge in [0.1, 0.15) is 0 Å². The van der Waals surface area contributed by atoms with Crippen LogP contribution in [0.1, 0.15) is 25.3 Å². The fourth-order valence-electron chi connectivity index (χ4n) is 2.74. The van der Waals surface area contributed by atoms with E-state index in [1.807, 2.05) is 12.1 Å². The van der Waals surface area contributed by atoms with Gasteiger partial charge in [-0.05, 0) is 25.8 Å². The van der Waals surface area contributed by atoms with Crippen LogP contribution in [0.2, 0.25) is 0 Å². The summed E-state index contributed by atoms with van der Waals surface area (Å²) >= 11 is 0. The Morgan fingerprint density at radius 3 is 2.52 bits per heavy atom. The van der Waals surface area contributed by atoms with Gasteiger partial charge >= 0.3 is 0 Å². The van der Waals surface area contributed by atoms with Crippen molar-refractivity contribution in [1.82, 2.24) is 5.32 Å². The number of rotatable bonds is 6. The molecule has 2 rings (SSSR count). The Bertz CT molecular complexity index is 464. The molecule has 5 heteroatoms. The third-order valence-corrected chi connectivity index (χ3v) is 3.85. The van der Waals surface area contributed by atoms with Crippen LogP contribution < -0.4 is 19.5 Å². The summed E-state index contributed by atoms with van der Waals surface area (Å²) in [6.07, 6.45) is 2.40. The molecule has 1 aliphatic heterocycles. The van der Waals surface area contributed by atoms with Crippen molar-refractivity contribution >= 4 is 0 Å². The summed E-state index contributed by atoms with van der Waals surface area (Å²) in [4.78, 5) is 0. The second-order valence-corrected chi connectivity index (χ2v) is 5.28. The SMILES string of the molecule is COc1ccc(CNC2CCOC(C)C2)c(OC)c1OC. The van der Waals surface area contributed by atoms with Gasteiger partial charge in [0.15, 0.2) is 11.5 Å². The molecule has 21 heavy (non-hydrogen) atoms. The molecule has 1 fully saturated rings. The van der Waals surface area contributed by atoms with E-state index >= 15 is 0 Å². The second-order valence-electron chi connectivity index (χ2n) is 5.28. The average molecular weight is 295 g/mol. The zero-order chi connectivity index (χ0) is 15.2. The van der Waals surface area contributed by atoms with E-state index < -0.39 is 0 Å². The lowest BCUT2D eigenvalue weighted by Gasteiger charge is -2.28. The topological polar surface area (TPSA) is 49.0 Å². The molecule has 1 aromatic rings. The van der Waals surface area contributed by atoms with Gasteiger partial charge in [0.25, 0.3) is 0 Å². The Balaban J connectivity index is 2.08. The quantitative estimate of drug-likeness (QED) is 0.873. The molecule has 5 nitrogen and oxygen atoms in total. The van der Waals surface area contributed by atoms with E-state index in [0.29, 0.717) is 23.6 Å². The molecule has 0 radical (unpaired) electrons. The van der Waals surface area contributed by atoms with Crippen molar-refractivity contribution in [3.05, 3.63) is 17.7 Å². The Morgan fingerprint density at radius 1 is 1.14 bits per heavy atom. The highest BCUT2D eigenvalue weighted by Gasteiger charge is 2.20. The van der Waals surface area contributed by atoms with Crippen LogP contribution in [0.15, 0.2) is 12.1 Å². The first kappa shape index (κ1) is 15.9. The van der Waals surface area contributed by atoms with Crippen molar-refractivity contribution < 1.29 is 18.9 Å². The fraction of sp³-hybridized carbons (Fsp3) is 0.625. The first-order valence-electron chi connectivity index (χ1n) is 7.32. The second kappa shape index (κ2) is 7.52. The molecule has 0 aromatic heterocycles. The van der Waals surface area contributed by atoms with Crippen molar-refractivity contribution in [2.45, 2.75) is 38.5 Å². The summed E-state index contributed by atoms with van der Waals surface area (Å²) in [7, 11) is 4.90. The molecule has 0 bridgehead atoms. The number of methoxy groups -OCH3 is 3. The van der Waals surface area contributed by atoms with E-state index in [1.165, 1.54) is 0 Å². The first-order valence-corrected chi connectivity index (χ1v) is 7.32. The van der Waals surface area contributed by atoms with Gasteiger partial charge in [-0.25, -0.2) is 0 Å². The maximum atomic E-state index is 5.57. The smallest absolute Gasteiger partial charge is 0.203 e. The maximum Gasteiger partial charge on any atom is 0.203 e. The number of benzene rings is 1. The lowest BCUT2D eigenvalue weighted by atomic mass is 10.0. The molecule has 1 aromatic carbocycles. The van der Waals surface area contributed by atoms with Gasteiger partial charge in [0, 0.05) is 24.8 Å². The molecule has 118 valence electrons. The van der Waals surface area contributed by atoms with Gasteiger partial charge in [-0.3, -0.25) is 0 Å². The highest BCUT2D eigenvalue weighted by atomic mass is 16.5. The van der Waals surface area contributed by atoms with E-state index in [2.05, 4.69) is 12.2 Å². The van der Waals surface area contributed by atoms with Crippen LogP contribution in [0.4, 0.5) is 0 Å². The summed E-state index contributed by atoms with van der Waals surface area (Å²) in [5.41, 5.74) is 1.06. The summed E-state index contributed by atoms with van der Waals surface area (Å²) < 4.78 is 21.8. The number of hydrogen-bond acceptors (Lipinski definition) is 5. The van der Waals surface area contributed by atoms with Crippen molar-refractivity contribution in [3.8, 4) is 17.2 Å². The summed E-state index contributed by atoms with van der Waals surface area (Å²) in [6.45, 7) is 3.67. The number of nitrogens with one attached hydrogen (secondary N) is 1. The van der Waals surface area contributed by atoms with Crippen LogP contribution in [-0.4, -0.2) is 40.1 Å². The van der Waals surface area contributed by atoms with E-state index in [9.17, 15) is 0 Å². The molecule has 0 saturated carbocycles. The Hall–Kier alpha value is -1.46. The van der Waals surface area contributed by atoms with E-state index in [4.69, 9.17) is 18.9 Å². The monoisotopic (exact) mass is 295 g/mol. The van der Waals surface area contributed by atoms with Crippen molar-refractivity contribution in [3.63, 3.8) is 0 Å². The molecule has 0 aliphatic carbocycles. The van der Waals surface area contributed by atoms with Crippen LogP contribution in [0.5, 0.6) is 17.2 Å². The molecule has 1 saturated heterocycles. The van der Waals surface area contributed by atoms with Gasteiger partial charge in [-0.15, -0.1) is 0 Å². The Morgan fingerprint density at radius 2 is 1.90 bits per heavy atom. The van der Waals surface area contributed by atoms with Gasteiger partial charge in [0.2, 0.25) is 5.75 Å². The molecule has 2 unspecified atom stereocenters. The Kier molecular flexibility index (Phi) is 5.70. The van der Waals surface area contributed by atoms with E-state index in [1.54, 1.807) is 21.3 Å². The van der Waals surface area contributed by atoms with Gasteiger partial charge in [0.05, 0.1) is 27.4 Å². The highest BCUT2D eigenvalue weighted by Crippen LogP contribution is 2.39.